The van der Waals surface area contributed by atoms with Gasteiger partial charge in [0, 0.05) is 30.2 Å². The first-order valence-corrected chi connectivity index (χ1v) is 9.14. The first-order chi connectivity index (χ1) is 10.1. The van der Waals surface area contributed by atoms with E-state index in [4.69, 9.17) is 4.74 Å². The van der Waals surface area contributed by atoms with Crippen molar-refractivity contribution < 1.29 is 17.9 Å². The molecule has 0 saturated carbocycles. The maximum absolute atomic E-state index is 12.6. The van der Waals surface area contributed by atoms with E-state index in [0.717, 1.165) is 4.90 Å². The number of amides is 1. The molecule has 21 heavy (non-hydrogen) atoms. The number of carbonyl (C=O) groups excluding carboxylic acids is 1. The molecule has 1 aromatic rings. The van der Waals surface area contributed by atoms with Crippen molar-refractivity contribution in [1.29, 1.82) is 0 Å². The van der Waals surface area contributed by atoms with E-state index in [1.165, 1.54) is 4.31 Å². The quantitative estimate of drug-likeness (QED) is 0.881. The molecular weight excluding hydrogens is 312 g/mol. The fourth-order valence-electron chi connectivity index (χ4n) is 2.30. The maximum Gasteiger partial charge on any atom is 0.243 e. The summed E-state index contributed by atoms with van der Waals surface area (Å²) in [5, 5.41) is 2.77. The zero-order chi connectivity index (χ0) is 14.9. The van der Waals surface area contributed by atoms with Crippen molar-refractivity contribution in [3.05, 3.63) is 18.2 Å². The van der Waals surface area contributed by atoms with Crippen LogP contribution in [0.25, 0.3) is 0 Å². The molecule has 0 aliphatic carbocycles. The number of thioether (sulfide) groups is 1. The lowest BCUT2D eigenvalue weighted by atomic mass is 10.3. The van der Waals surface area contributed by atoms with E-state index in [9.17, 15) is 13.2 Å². The number of rotatable bonds is 2. The highest BCUT2D eigenvalue weighted by atomic mass is 32.2. The first-order valence-electron chi connectivity index (χ1n) is 6.72. The third kappa shape index (κ3) is 3.08. The average molecular weight is 328 g/mol. The summed E-state index contributed by atoms with van der Waals surface area (Å²) in [7, 11) is -3.53. The molecule has 1 aromatic carbocycles. The van der Waals surface area contributed by atoms with Crippen LogP contribution in [0.3, 0.4) is 0 Å². The summed E-state index contributed by atoms with van der Waals surface area (Å²) in [6.07, 6.45) is 0.435. The Kier molecular flexibility index (Phi) is 4.21. The molecule has 1 N–H and O–H groups in total. The lowest BCUT2D eigenvalue weighted by molar-refractivity contribution is -0.115. The molecule has 0 spiro atoms. The van der Waals surface area contributed by atoms with E-state index >= 15 is 0 Å². The number of nitrogens with zero attached hydrogens (tertiary/aromatic N) is 1. The van der Waals surface area contributed by atoms with Gasteiger partial charge in [-0.3, -0.25) is 4.79 Å². The molecule has 0 aromatic heterocycles. The predicted octanol–water partition coefficient (Wildman–Crippen LogP) is 1.14. The second kappa shape index (κ2) is 5.96. The Morgan fingerprint density at radius 1 is 1.24 bits per heavy atom. The largest absolute Gasteiger partial charge is 0.379 e. The van der Waals surface area contributed by atoms with Crippen LogP contribution in [-0.2, 0) is 19.6 Å². The molecule has 8 heteroatoms. The Morgan fingerprint density at radius 2 is 2.00 bits per heavy atom. The van der Waals surface area contributed by atoms with E-state index in [1.54, 1.807) is 30.0 Å². The molecule has 0 bridgehead atoms. The van der Waals surface area contributed by atoms with Gasteiger partial charge in [-0.05, 0) is 18.2 Å². The normalized spacial score (nSPS) is 20.5. The van der Waals surface area contributed by atoms with Gasteiger partial charge in [0.2, 0.25) is 15.9 Å². The number of ether oxygens (including phenoxy) is 1. The molecule has 0 unspecified atom stereocenters. The van der Waals surface area contributed by atoms with Gasteiger partial charge in [0.05, 0.1) is 23.8 Å². The highest BCUT2D eigenvalue weighted by Gasteiger charge is 2.27. The van der Waals surface area contributed by atoms with Crippen molar-refractivity contribution in [1.82, 2.24) is 4.31 Å². The van der Waals surface area contributed by atoms with Crippen molar-refractivity contribution in [2.45, 2.75) is 16.2 Å². The summed E-state index contributed by atoms with van der Waals surface area (Å²) in [5.74, 6) is 0.621. The smallest absolute Gasteiger partial charge is 0.243 e. The fraction of sp³-hybridized carbons (Fsp3) is 0.462. The summed E-state index contributed by atoms with van der Waals surface area (Å²) < 4.78 is 31.8. The van der Waals surface area contributed by atoms with Crippen LogP contribution in [0.4, 0.5) is 5.69 Å². The summed E-state index contributed by atoms with van der Waals surface area (Å²) in [6.45, 7) is 1.55. The number of hydrogen-bond acceptors (Lipinski definition) is 5. The standard InChI is InChI=1S/C13H16N2O4S2/c16-13-3-8-20-12-2-1-10(9-11(12)14-13)21(17,18)15-4-6-19-7-5-15/h1-2,9H,3-8H2,(H,14,16). The number of nitrogens with one attached hydrogen (secondary N) is 1. The van der Waals surface area contributed by atoms with E-state index < -0.39 is 10.0 Å². The van der Waals surface area contributed by atoms with Gasteiger partial charge in [0.25, 0.3) is 0 Å². The Morgan fingerprint density at radius 3 is 2.76 bits per heavy atom. The molecule has 2 aliphatic heterocycles. The van der Waals surface area contributed by atoms with Crippen LogP contribution >= 0.6 is 11.8 Å². The number of fused-ring (bicyclic) bond motifs is 1. The predicted molar refractivity (Wildman–Crippen MR) is 80.0 cm³/mol. The zero-order valence-corrected chi connectivity index (χ0v) is 13.0. The minimum atomic E-state index is -3.53. The van der Waals surface area contributed by atoms with Gasteiger partial charge >= 0.3 is 0 Å². The summed E-state index contributed by atoms with van der Waals surface area (Å²) in [6, 6.07) is 4.92. The van der Waals surface area contributed by atoms with Crippen LogP contribution in [0.5, 0.6) is 0 Å². The van der Waals surface area contributed by atoms with E-state index in [0.29, 0.717) is 44.2 Å². The minimum Gasteiger partial charge on any atom is -0.379 e. The van der Waals surface area contributed by atoms with Gasteiger partial charge in [-0.1, -0.05) is 0 Å². The lowest BCUT2D eigenvalue weighted by Gasteiger charge is -2.26. The SMILES string of the molecule is O=C1CCSc2ccc(S(=O)(=O)N3CCOCC3)cc2N1. The number of sulfonamides is 1. The van der Waals surface area contributed by atoms with E-state index in [-0.39, 0.29) is 10.8 Å². The van der Waals surface area contributed by atoms with Gasteiger partial charge in [-0.15, -0.1) is 11.8 Å². The van der Waals surface area contributed by atoms with Crippen molar-refractivity contribution in [2.75, 3.05) is 37.4 Å². The van der Waals surface area contributed by atoms with Crippen LogP contribution < -0.4 is 5.32 Å². The van der Waals surface area contributed by atoms with Gasteiger partial charge in [-0.2, -0.15) is 4.31 Å². The highest BCUT2D eigenvalue weighted by molar-refractivity contribution is 7.99. The third-order valence-corrected chi connectivity index (χ3v) is 6.39. The number of benzene rings is 1. The van der Waals surface area contributed by atoms with Crippen LogP contribution in [-0.4, -0.2) is 50.7 Å². The molecule has 0 atom stereocenters. The monoisotopic (exact) mass is 328 g/mol. The summed E-state index contributed by atoms with van der Waals surface area (Å²) >= 11 is 1.56. The van der Waals surface area contributed by atoms with Crippen molar-refractivity contribution >= 4 is 33.4 Å². The maximum atomic E-state index is 12.6. The first kappa shape index (κ1) is 14.8. The Labute approximate surface area is 127 Å². The second-order valence-corrected chi connectivity index (χ2v) is 7.90. The molecule has 2 aliphatic rings. The molecule has 1 amide bonds. The lowest BCUT2D eigenvalue weighted by Crippen LogP contribution is -2.40. The Bertz CT molecular complexity index is 654. The van der Waals surface area contributed by atoms with Crippen molar-refractivity contribution in [3.8, 4) is 0 Å². The minimum absolute atomic E-state index is 0.0813. The van der Waals surface area contributed by atoms with Crippen LogP contribution in [0.1, 0.15) is 6.42 Å². The van der Waals surface area contributed by atoms with Crippen LogP contribution in [0.15, 0.2) is 28.0 Å². The fourth-order valence-corrected chi connectivity index (χ4v) is 4.67. The Balaban J connectivity index is 1.94. The topological polar surface area (TPSA) is 75.7 Å². The zero-order valence-electron chi connectivity index (χ0n) is 11.4. The number of carbonyl (C=O) groups is 1. The average Bonchev–Trinajstić information content (AvgIpc) is 2.68. The van der Waals surface area contributed by atoms with Gasteiger partial charge in [-0.25, -0.2) is 8.42 Å². The summed E-state index contributed by atoms with van der Waals surface area (Å²) in [5.41, 5.74) is 0.580. The molecule has 1 saturated heterocycles. The molecule has 1 fully saturated rings. The molecule has 2 heterocycles. The van der Waals surface area contributed by atoms with E-state index in [1.807, 2.05) is 0 Å². The van der Waals surface area contributed by atoms with Crippen LogP contribution in [0, 0.1) is 0 Å². The Hall–Kier alpha value is -1.09. The summed E-state index contributed by atoms with van der Waals surface area (Å²) in [4.78, 5) is 12.7. The third-order valence-electron chi connectivity index (χ3n) is 3.42. The van der Waals surface area contributed by atoms with E-state index in [2.05, 4.69) is 5.32 Å². The second-order valence-electron chi connectivity index (χ2n) is 4.82. The van der Waals surface area contributed by atoms with Gasteiger partial charge in [0.1, 0.15) is 0 Å². The van der Waals surface area contributed by atoms with Crippen molar-refractivity contribution in [2.24, 2.45) is 0 Å². The van der Waals surface area contributed by atoms with Gasteiger partial charge < -0.3 is 10.1 Å². The molecule has 114 valence electrons. The molecule has 3 rings (SSSR count). The van der Waals surface area contributed by atoms with Gasteiger partial charge in [0.15, 0.2) is 0 Å². The van der Waals surface area contributed by atoms with Crippen molar-refractivity contribution in [3.63, 3.8) is 0 Å². The highest BCUT2D eigenvalue weighted by Crippen LogP contribution is 2.33. The number of morpholine rings is 1. The van der Waals surface area contributed by atoms with Crippen LogP contribution in [0.2, 0.25) is 0 Å². The molecule has 6 nitrogen and oxygen atoms in total. The number of hydrogen-bond donors (Lipinski definition) is 1. The molecule has 0 radical (unpaired) electrons. The molecular formula is C13H16N2O4S2. The number of anilines is 1.